The summed E-state index contributed by atoms with van der Waals surface area (Å²) in [7, 11) is 0. The smallest absolute Gasteiger partial charge is 0.192 e. The minimum Gasteiger partial charge on any atom is -0.501 e. The molecule has 0 unspecified atom stereocenters. The van der Waals surface area contributed by atoms with E-state index in [1.165, 1.54) is 0 Å². The van der Waals surface area contributed by atoms with Crippen LogP contribution in [0.5, 0.6) is 0 Å². The maximum atomic E-state index is 12.3. The quantitative estimate of drug-likeness (QED) is 0.756. The molecule has 2 aromatic rings. The summed E-state index contributed by atoms with van der Waals surface area (Å²) < 4.78 is 5.22. The average Bonchev–Trinajstić information content (AvgIpc) is 2.47. The zero-order valence-corrected chi connectivity index (χ0v) is 9.93. The van der Waals surface area contributed by atoms with Gasteiger partial charge >= 0.3 is 0 Å². The molecular weight excluding hydrogens is 226 g/mol. The Kier molecular flexibility index (Phi) is 2.81. The first-order valence-corrected chi connectivity index (χ1v) is 6.05. The van der Waals surface area contributed by atoms with Gasteiger partial charge in [0.15, 0.2) is 5.78 Å². The van der Waals surface area contributed by atoms with Crippen molar-refractivity contribution in [2.75, 3.05) is 6.61 Å². The van der Waals surface area contributed by atoms with E-state index < -0.39 is 0 Å². The predicted molar refractivity (Wildman–Crippen MR) is 69.3 cm³/mol. The van der Waals surface area contributed by atoms with Crippen molar-refractivity contribution in [3.8, 4) is 0 Å². The zero-order chi connectivity index (χ0) is 12.4. The van der Waals surface area contributed by atoms with Gasteiger partial charge in [-0.2, -0.15) is 0 Å². The molecule has 2 heterocycles. The molecule has 0 aliphatic carbocycles. The SMILES string of the molecule is O=C(C1=COCCC1)c1ccc2ncccc2c1. The van der Waals surface area contributed by atoms with Crippen LogP contribution in [0.15, 0.2) is 48.4 Å². The third-order valence-corrected chi connectivity index (χ3v) is 3.09. The maximum Gasteiger partial charge on any atom is 0.192 e. The molecule has 0 fully saturated rings. The first-order chi connectivity index (χ1) is 8.84. The van der Waals surface area contributed by atoms with Crippen molar-refractivity contribution >= 4 is 16.7 Å². The van der Waals surface area contributed by atoms with Crippen LogP contribution >= 0.6 is 0 Å². The third kappa shape index (κ3) is 1.99. The molecule has 1 aromatic carbocycles. The summed E-state index contributed by atoms with van der Waals surface area (Å²) in [6.07, 6.45) is 5.05. The lowest BCUT2D eigenvalue weighted by atomic mass is 9.98. The van der Waals surface area contributed by atoms with E-state index in [4.69, 9.17) is 4.74 Å². The van der Waals surface area contributed by atoms with Crippen LogP contribution in [-0.4, -0.2) is 17.4 Å². The number of hydrogen-bond acceptors (Lipinski definition) is 3. The molecule has 0 N–H and O–H groups in total. The molecule has 3 rings (SSSR count). The van der Waals surface area contributed by atoms with Crippen LogP contribution < -0.4 is 0 Å². The van der Waals surface area contributed by atoms with Gasteiger partial charge < -0.3 is 4.74 Å². The summed E-state index contributed by atoms with van der Waals surface area (Å²) in [6.45, 7) is 0.707. The van der Waals surface area contributed by atoms with Crippen LogP contribution in [0.3, 0.4) is 0 Å². The first-order valence-electron chi connectivity index (χ1n) is 6.05. The topological polar surface area (TPSA) is 39.2 Å². The van der Waals surface area contributed by atoms with Crippen molar-refractivity contribution in [1.82, 2.24) is 4.98 Å². The number of rotatable bonds is 2. The lowest BCUT2D eigenvalue weighted by Crippen LogP contribution is -2.09. The molecule has 0 saturated carbocycles. The summed E-state index contributed by atoms with van der Waals surface area (Å²) >= 11 is 0. The van der Waals surface area contributed by atoms with E-state index in [1.54, 1.807) is 12.5 Å². The normalized spacial score (nSPS) is 15.0. The Morgan fingerprint density at radius 2 is 2.22 bits per heavy atom. The van der Waals surface area contributed by atoms with E-state index in [-0.39, 0.29) is 5.78 Å². The summed E-state index contributed by atoms with van der Waals surface area (Å²) in [6, 6.07) is 9.43. The largest absolute Gasteiger partial charge is 0.501 e. The van der Waals surface area contributed by atoms with Crippen LogP contribution in [0.4, 0.5) is 0 Å². The van der Waals surface area contributed by atoms with Gasteiger partial charge in [-0.25, -0.2) is 0 Å². The number of benzene rings is 1. The number of hydrogen-bond donors (Lipinski definition) is 0. The van der Waals surface area contributed by atoms with Gasteiger partial charge in [0.2, 0.25) is 0 Å². The van der Waals surface area contributed by atoms with E-state index in [0.29, 0.717) is 12.2 Å². The third-order valence-electron chi connectivity index (χ3n) is 3.09. The number of ketones is 1. The van der Waals surface area contributed by atoms with Gasteiger partial charge in [0.25, 0.3) is 0 Å². The monoisotopic (exact) mass is 239 g/mol. The summed E-state index contributed by atoms with van der Waals surface area (Å²) in [5.41, 5.74) is 2.36. The molecule has 0 atom stereocenters. The molecule has 1 aliphatic rings. The molecular formula is C15H13NO2. The van der Waals surface area contributed by atoms with Crippen molar-refractivity contribution < 1.29 is 9.53 Å². The molecule has 18 heavy (non-hydrogen) atoms. The predicted octanol–water partition coefficient (Wildman–Crippen LogP) is 3.11. The molecule has 3 heteroatoms. The molecule has 3 nitrogen and oxygen atoms in total. The Morgan fingerprint density at radius 3 is 3.06 bits per heavy atom. The van der Waals surface area contributed by atoms with Crippen molar-refractivity contribution in [3.63, 3.8) is 0 Å². The minimum absolute atomic E-state index is 0.0560. The second-order valence-electron chi connectivity index (χ2n) is 4.36. The fourth-order valence-electron chi connectivity index (χ4n) is 2.13. The number of aromatic nitrogens is 1. The minimum atomic E-state index is 0.0560. The molecule has 90 valence electrons. The number of carbonyl (C=O) groups excluding carboxylic acids is 1. The van der Waals surface area contributed by atoms with Crippen molar-refractivity contribution in [1.29, 1.82) is 0 Å². The number of ether oxygens (including phenoxy) is 1. The van der Waals surface area contributed by atoms with Gasteiger partial charge in [0.05, 0.1) is 18.4 Å². The highest BCUT2D eigenvalue weighted by Gasteiger charge is 2.15. The molecule has 1 aromatic heterocycles. The Labute approximate surface area is 105 Å². The zero-order valence-electron chi connectivity index (χ0n) is 9.93. The first kappa shape index (κ1) is 11.0. The van der Waals surface area contributed by atoms with Crippen molar-refractivity contribution in [2.45, 2.75) is 12.8 Å². The Bertz CT molecular complexity index is 631. The van der Waals surface area contributed by atoms with E-state index in [1.807, 2.05) is 30.3 Å². The second-order valence-corrected chi connectivity index (χ2v) is 4.36. The van der Waals surface area contributed by atoms with Gasteiger partial charge in [-0.05, 0) is 37.1 Å². The highest BCUT2D eigenvalue weighted by atomic mass is 16.5. The summed E-state index contributed by atoms with van der Waals surface area (Å²) in [5, 5.41) is 0.987. The van der Waals surface area contributed by atoms with Crippen molar-refractivity contribution in [2.24, 2.45) is 0 Å². The standard InChI is InChI=1S/C15H13NO2/c17-15(13-4-2-8-18-10-13)12-5-6-14-11(9-12)3-1-7-16-14/h1,3,5-7,9-10H,2,4,8H2. The van der Waals surface area contributed by atoms with Crippen LogP contribution in [0.2, 0.25) is 0 Å². The molecule has 0 radical (unpaired) electrons. The number of Topliss-reactive ketones (excluding diaryl/α,β-unsaturated/α-hetero) is 1. The molecule has 0 bridgehead atoms. The van der Waals surface area contributed by atoms with E-state index >= 15 is 0 Å². The molecule has 1 aliphatic heterocycles. The fourth-order valence-corrected chi connectivity index (χ4v) is 2.13. The van der Waals surface area contributed by atoms with Gasteiger partial charge in [-0.15, -0.1) is 0 Å². The fraction of sp³-hybridized carbons (Fsp3) is 0.200. The van der Waals surface area contributed by atoms with Crippen LogP contribution in [0.1, 0.15) is 23.2 Å². The maximum absolute atomic E-state index is 12.3. The highest BCUT2D eigenvalue weighted by Crippen LogP contribution is 2.20. The number of fused-ring (bicyclic) bond motifs is 1. The van der Waals surface area contributed by atoms with Gasteiger partial charge in [0.1, 0.15) is 0 Å². The number of pyridine rings is 1. The van der Waals surface area contributed by atoms with Crippen LogP contribution in [-0.2, 0) is 4.74 Å². The highest BCUT2D eigenvalue weighted by molar-refractivity contribution is 6.10. The molecule has 0 amide bonds. The van der Waals surface area contributed by atoms with Gasteiger partial charge in [0, 0.05) is 22.7 Å². The molecule has 0 saturated heterocycles. The van der Waals surface area contributed by atoms with Crippen LogP contribution in [0.25, 0.3) is 10.9 Å². The number of nitrogens with zero attached hydrogens (tertiary/aromatic N) is 1. The average molecular weight is 239 g/mol. The Hall–Kier alpha value is -2.16. The van der Waals surface area contributed by atoms with E-state index in [9.17, 15) is 4.79 Å². The second kappa shape index (κ2) is 4.61. The Morgan fingerprint density at radius 1 is 1.28 bits per heavy atom. The summed E-state index contributed by atoms with van der Waals surface area (Å²) in [4.78, 5) is 16.5. The van der Waals surface area contributed by atoms with Gasteiger partial charge in [-0.3, -0.25) is 9.78 Å². The number of carbonyl (C=O) groups is 1. The number of allylic oxidation sites excluding steroid dienone is 1. The lowest BCUT2D eigenvalue weighted by Gasteiger charge is -2.12. The van der Waals surface area contributed by atoms with E-state index in [2.05, 4.69) is 4.98 Å². The van der Waals surface area contributed by atoms with Crippen molar-refractivity contribution in [3.05, 3.63) is 53.9 Å². The summed E-state index contributed by atoms with van der Waals surface area (Å²) in [5.74, 6) is 0.0560. The lowest BCUT2D eigenvalue weighted by molar-refractivity contribution is 0.101. The van der Waals surface area contributed by atoms with Crippen LogP contribution in [0, 0.1) is 0 Å². The van der Waals surface area contributed by atoms with Gasteiger partial charge in [-0.1, -0.05) is 6.07 Å². The Balaban J connectivity index is 1.98. The van der Waals surface area contributed by atoms with E-state index in [0.717, 1.165) is 29.3 Å². The molecule has 0 spiro atoms.